The Morgan fingerprint density at radius 1 is 1.47 bits per heavy atom. The standard InChI is InChI=1S/C12H16N2O/c1-3-9(2)8-14-12-10-5-7-15-11(10)4-6-13-12/h4-7,9H,3,8H2,1-2H3,(H,13,14). The molecule has 0 amide bonds. The summed E-state index contributed by atoms with van der Waals surface area (Å²) in [7, 11) is 0. The van der Waals surface area contributed by atoms with Crippen LogP contribution >= 0.6 is 0 Å². The van der Waals surface area contributed by atoms with Crippen molar-refractivity contribution in [2.75, 3.05) is 11.9 Å². The number of rotatable bonds is 4. The van der Waals surface area contributed by atoms with E-state index in [0.29, 0.717) is 5.92 Å². The first-order chi connectivity index (χ1) is 7.31. The normalized spacial score (nSPS) is 12.9. The largest absolute Gasteiger partial charge is 0.464 e. The topological polar surface area (TPSA) is 38.1 Å². The highest BCUT2D eigenvalue weighted by atomic mass is 16.3. The van der Waals surface area contributed by atoms with Crippen molar-refractivity contribution in [1.82, 2.24) is 4.98 Å². The summed E-state index contributed by atoms with van der Waals surface area (Å²) >= 11 is 0. The Labute approximate surface area is 89.5 Å². The summed E-state index contributed by atoms with van der Waals surface area (Å²) in [6, 6.07) is 3.82. The second kappa shape index (κ2) is 4.34. The number of hydrogen-bond acceptors (Lipinski definition) is 3. The lowest BCUT2D eigenvalue weighted by Crippen LogP contribution is -2.11. The molecule has 2 heterocycles. The predicted molar refractivity (Wildman–Crippen MR) is 62.0 cm³/mol. The average molecular weight is 204 g/mol. The highest BCUT2D eigenvalue weighted by Gasteiger charge is 2.05. The van der Waals surface area contributed by atoms with Gasteiger partial charge in [0.2, 0.25) is 0 Å². The first-order valence-corrected chi connectivity index (χ1v) is 5.37. The highest BCUT2D eigenvalue weighted by molar-refractivity contribution is 5.87. The SMILES string of the molecule is CCC(C)CNc1nccc2occc12. The van der Waals surface area contributed by atoms with Crippen LogP contribution in [0.25, 0.3) is 11.0 Å². The Kier molecular flexibility index (Phi) is 2.90. The van der Waals surface area contributed by atoms with Crippen LogP contribution < -0.4 is 5.32 Å². The number of hydrogen-bond donors (Lipinski definition) is 1. The molecule has 0 bridgehead atoms. The minimum Gasteiger partial charge on any atom is -0.464 e. The van der Waals surface area contributed by atoms with Crippen molar-refractivity contribution >= 4 is 16.8 Å². The van der Waals surface area contributed by atoms with Crippen LogP contribution in [0, 0.1) is 5.92 Å². The summed E-state index contributed by atoms with van der Waals surface area (Å²) in [5.41, 5.74) is 0.886. The van der Waals surface area contributed by atoms with Crippen molar-refractivity contribution in [1.29, 1.82) is 0 Å². The number of fused-ring (bicyclic) bond motifs is 1. The molecule has 1 atom stereocenters. The molecule has 3 heteroatoms. The quantitative estimate of drug-likeness (QED) is 0.830. The lowest BCUT2D eigenvalue weighted by molar-refractivity contribution is 0.592. The fourth-order valence-corrected chi connectivity index (χ4v) is 1.45. The van der Waals surface area contributed by atoms with Gasteiger partial charge in [-0.25, -0.2) is 4.98 Å². The zero-order valence-electron chi connectivity index (χ0n) is 9.16. The van der Waals surface area contributed by atoms with E-state index in [1.165, 1.54) is 6.42 Å². The van der Waals surface area contributed by atoms with E-state index in [0.717, 1.165) is 23.3 Å². The third kappa shape index (κ3) is 2.12. The molecule has 0 aliphatic rings. The molecule has 1 unspecified atom stereocenters. The summed E-state index contributed by atoms with van der Waals surface area (Å²) in [4.78, 5) is 4.31. The minimum atomic E-state index is 0.661. The number of aromatic nitrogens is 1. The van der Waals surface area contributed by atoms with Crippen LogP contribution in [0.5, 0.6) is 0 Å². The molecule has 15 heavy (non-hydrogen) atoms. The predicted octanol–water partition coefficient (Wildman–Crippen LogP) is 3.29. The van der Waals surface area contributed by atoms with Gasteiger partial charge in [0.1, 0.15) is 11.4 Å². The van der Waals surface area contributed by atoms with Crippen molar-refractivity contribution < 1.29 is 4.42 Å². The van der Waals surface area contributed by atoms with Crippen LogP contribution in [-0.2, 0) is 0 Å². The zero-order chi connectivity index (χ0) is 10.7. The third-order valence-electron chi connectivity index (χ3n) is 2.69. The van der Waals surface area contributed by atoms with Crippen molar-refractivity contribution in [3.05, 3.63) is 24.6 Å². The van der Waals surface area contributed by atoms with Crippen LogP contribution in [0.15, 0.2) is 29.0 Å². The Morgan fingerprint density at radius 3 is 3.13 bits per heavy atom. The number of pyridine rings is 1. The van der Waals surface area contributed by atoms with Gasteiger partial charge in [0.15, 0.2) is 0 Å². The van der Waals surface area contributed by atoms with Crippen LogP contribution in [0.4, 0.5) is 5.82 Å². The molecular formula is C12H16N2O. The Morgan fingerprint density at radius 2 is 2.33 bits per heavy atom. The van der Waals surface area contributed by atoms with Crippen LogP contribution in [-0.4, -0.2) is 11.5 Å². The van der Waals surface area contributed by atoms with E-state index in [-0.39, 0.29) is 0 Å². The van der Waals surface area contributed by atoms with Gasteiger partial charge >= 0.3 is 0 Å². The Hall–Kier alpha value is -1.51. The highest BCUT2D eigenvalue weighted by Crippen LogP contribution is 2.21. The second-order valence-electron chi connectivity index (χ2n) is 3.89. The van der Waals surface area contributed by atoms with Gasteiger partial charge in [0.05, 0.1) is 11.6 Å². The van der Waals surface area contributed by atoms with E-state index >= 15 is 0 Å². The molecule has 1 N–H and O–H groups in total. The van der Waals surface area contributed by atoms with E-state index in [1.807, 2.05) is 12.1 Å². The van der Waals surface area contributed by atoms with Gasteiger partial charge in [-0.05, 0) is 18.1 Å². The van der Waals surface area contributed by atoms with Gasteiger partial charge in [0, 0.05) is 12.7 Å². The van der Waals surface area contributed by atoms with Gasteiger partial charge in [-0.3, -0.25) is 0 Å². The molecule has 2 rings (SSSR count). The minimum absolute atomic E-state index is 0.661. The Balaban J connectivity index is 2.17. The van der Waals surface area contributed by atoms with E-state index in [2.05, 4.69) is 24.1 Å². The van der Waals surface area contributed by atoms with Crippen molar-refractivity contribution in [3.8, 4) is 0 Å². The zero-order valence-corrected chi connectivity index (χ0v) is 9.16. The fourth-order valence-electron chi connectivity index (χ4n) is 1.45. The Bertz CT molecular complexity index is 436. The van der Waals surface area contributed by atoms with Crippen LogP contribution in [0.3, 0.4) is 0 Å². The molecule has 2 aromatic heterocycles. The maximum atomic E-state index is 5.31. The first kappa shape index (κ1) is 10.0. The summed E-state index contributed by atoms with van der Waals surface area (Å²) in [6.45, 7) is 5.37. The van der Waals surface area contributed by atoms with E-state index in [1.54, 1.807) is 12.5 Å². The molecule has 0 radical (unpaired) electrons. The van der Waals surface area contributed by atoms with Gasteiger partial charge in [-0.1, -0.05) is 20.3 Å². The molecule has 3 nitrogen and oxygen atoms in total. The number of furan rings is 1. The van der Waals surface area contributed by atoms with Gasteiger partial charge in [-0.15, -0.1) is 0 Å². The van der Waals surface area contributed by atoms with Crippen molar-refractivity contribution in [2.45, 2.75) is 20.3 Å². The molecule has 0 spiro atoms. The van der Waals surface area contributed by atoms with E-state index in [9.17, 15) is 0 Å². The smallest absolute Gasteiger partial charge is 0.139 e. The molecule has 0 saturated carbocycles. The molecule has 0 fully saturated rings. The monoisotopic (exact) mass is 204 g/mol. The lowest BCUT2D eigenvalue weighted by atomic mass is 10.1. The van der Waals surface area contributed by atoms with Gasteiger partial charge in [-0.2, -0.15) is 0 Å². The van der Waals surface area contributed by atoms with E-state index < -0.39 is 0 Å². The molecule has 2 aromatic rings. The van der Waals surface area contributed by atoms with E-state index in [4.69, 9.17) is 4.42 Å². The maximum Gasteiger partial charge on any atom is 0.139 e. The molecule has 0 aliphatic carbocycles. The first-order valence-electron chi connectivity index (χ1n) is 5.37. The average Bonchev–Trinajstić information content (AvgIpc) is 2.74. The number of nitrogens with one attached hydrogen (secondary N) is 1. The maximum absolute atomic E-state index is 5.31. The molecule has 0 aliphatic heterocycles. The van der Waals surface area contributed by atoms with Gasteiger partial charge in [0.25, 0.3) is 0 Å². The summed E-state index contributed by atoms with van der Waals surface area (Å²) in [5.74, 6) is 1.58. The molecule has 0 saturated heterocycles. The number of anilines is 1. The summed E-state index contributed by atoms with van der Waals surface area (Å²) < 4.78 is 5.31. The molecular weight excluding hydrogens is 188 g/mol. The summed E-state index contributed by atoms with van der Waals surface area (Å²) in [5, 5.41) is 4.41. The van der Waals surface area contributed by atoms with Crippen LogP contribution in [0.2, 0.25) is 0 Å². The van der Waals surface area contributed by atoms with Crippen LogP contribution in [0.1, 0.15) is 20.3 Å². The third-order valence-corrected chi connectivity index (χ3v) is 2.69. The summed E-state index contributed by atoms with van der Waals surface area (Å²) in [6.07, 6.45) is 4.64. The number of nitrogens with zero attached hydrogens (tertiary/aromatic N) is 1. The van der Waals surface area contributed by atoms with Crippen molar-refractivity contribution in [2.24, 2.45) is 5.92 Å². The van der Waals surface area contributed by atoms with Gasteiger partial charge < -0.3 is 9.73 Å². The van der Waals surface area contributed by atoms with Crippen molar-refractivity contribution in [3.63, 3.8) is 0 Å². The molecule has 80 valence electrons. The lowest BCUT2D eigenvalue weighted by Gasteiger charge is -2.10. The molecule has 0 aromatic carbocycles. The second-order valence-corrected chi connectivity index (χ2v) is 3.89. The fraction of sp³-hybridized carbons (Fsp3) is 0.417.